The molecule has 1 aromatic heterocycles. The van der Waals surface area contributed by atoms with Crippen molar-refractivity contribution >= 4 is 28.8 Å². The van der Waals surface area contributed by atoms with Crippen molar-refractivity contribution < 1.29 is 33.8 Å². The van der Waals surface area contributed by atoms with Crippen molar-refractivity contribution in [3.05, 3.63) is 39.2 Å². The minimum absolute atomic E-state index is 0.361. The maximum Gasteiger partial charge on any atom is 0.339 e. The van der Waals surface area contributed by atoms with Crippen molar-refractivity contribution in [2.75, 3.05) is 0 Å². The van der Waals surface area contributed by atoms with Gasteiger partial charge in [0.1, 0.15) is 17.4 Å². The van der Waals surface area contributed by atoms with Crippen LogP contribution in [-0.2, 0) is 27.2 Å². The number of ether oxygens (including phenoxy) is 1. The number of rotatable bonds is 7. The number of hydrogen-bond acceptors (Lipinski definition) is 6. The van der Waals surface area contributed by atoms with Crippen molar-refractivity contribution in [2.45, 2.75) is 58.1 Å². The second-order valence-electron chi connectivity index (χ2n) is 7.45. The number of benzene rings is 1. The van der Waals surface area contributed by atoms with E-state index in [1.807, 2.05) is 0 Å². The first-order valence-electron chi connectivity index (χ1n) is 9.68. The Morgan fingerprint density at radius 2 is 1.83 bits per heavy atom. The lowest BCUT2D eigenvalue weighted by Gasteiger charge is -2.21. The molecule has 0 aliphatic heterocycles. The second kappa shape index (κ2) is 8.56. The summed E-state index contributed by atoms with van der Waals surface area (Å²) >= 11 is 0. The minimum Gasteiger partial charge on any atom is -0.481 e. The van der Waals surface area contributed by atoms with Gasteiger partial charge in [-0.05, 0) is 62.8 Å². The maximum atomic E-state index is 12.4. The van der Waals surface area contributed by atoms with Crippen LogP contribution in [0.1, 0.15) is 42.9 Å². The highest BCUT2D eigenvalue weighted by Crippen LogP contribution is 2.35. The van der Waals surface area contributed by atoms with Gasteiger partial charge in [-0.15, -0.1) is 0 Å². The maximum absolute atomic E-state index is 12.4. The standard InChI is InChI=1S/C21H23NO8/c1-10-7-15(29-11(2)19(25)22-14(20(26)27)9-17(23)24)18-12-5-3-4-6-13(12)21(28)30-16(18)8-10/h7-8,11,14H,3-6,9H2,1-2H3,(H,22,25)(H,23,24)(H,26,27)/t11-,14+/m1/s1. The van der Waals surface area contributed by atoms with Gasteiger partial charge in [0.2, 0.25) is 0 Å². The van der Waals surface area contributed by atoms with E-state index in [0.29, 0.717) is 35.1 Å². The third-order valence-electron chi connectivity index (χ3n) is 5.10. The van der Waals surface area contributed by atoms with Crippen LogP contribution in [0.25, 0.3) is 11.0 Å². The SMILES string of the molecule is Cc1cc(O[C@H](C)C(=O)N[C@@H](CC(=O)O)C(=O)O)c2c3c(c(=O)oc2c1)CCCC3. The number of carbonyl (C=O) groups is 3. The van der Waals surface area contributed by atoms with E-state index in [1.165, 1.54) is 6.92 Å². The van der Waals surface area contributed by atoms with Gasteiger partial charge in [0.15, 0.2) is 6.10 Å². The smallest absolute Gasteiger partial charge is 0.339 e. The first kappa shape index (κ1) is 21.4. The molecule has 1 amide bonds. The summed E-state index contributed by atoms with van der Waals surface area (Å²) in [7, 11) is 0. The largest absolute Gasteiger partial charge is 0.481 e. The van der Waals surface area contributed by atoms with Crippen LogP contribution in [0, 0.1) is 6.92 Å². The van der Waals surface area contributed by atoms with Gasteiger partial charge < -0.3 is 24.7 Å². The van der Waals surface area contributed by atoms with Gasteiger partial charge in [0.05, 0.1) is 11.8 Å². The number of amides is 1. The number of hydrogen-bond donors (Lipinski definition) is 3. The van der Waals surface area contributed by atoms with Crippen LogP contribution < -0.4 is 15.7 Å². The van der Waals surface area contributed by atoms with Gasteiger partial charge in [-0.25, -0.2) is 9.59 Å². The Labute approximate surface area is 171 Å². The lowest BCUT2D eigenvalue weighted by molar-refractivity contribution is -0.147. The zero-order valence-electron chi connectivity index (χ0n) is 16.7. The molecule has 0 saturated heterocycles. The number of carboxylic acid groups (broad SMARTS) is 2. The van der Waals surface area contributed by atoms with Gasteiger partial charge in [-0.3, -0.25) is 9.59 Å². The summed E-state index contributed by atoms with van der Waals surface area (Å²) in [6.07, 6.45) is 1.27. The van der Waals surface area contributed by atoms with Crippen LogP contribution in [0.15, 0.2) is 21.3 Å². The molecule has 2 aromatic rings. The van der Waals surface area contributed by atoms with Crippen molar-refractivity contribution in [2.24, 2.45) is 0 Å². The molecule has 2 atom stereocenters. The first-order chi connectivity index (χ1) is 14.2. The van der Waals surface area contributed by atoms with E-state index in [2.05, 4.69) is 5.32 Å². The highest BCUT2D eigenvalue weighted by molar-refractivity contribution is 5.91. The van der Waals surface area contributed by atoms with E-state index in [1.54, 1.807) is 19.1 Å². The highest BCUT2D eigenvalue weighted by atomic mass is 16.5. The van der Waals surface area contributed by atoms with E-state index in [-0.39, 0.29) is 5.63 Å². The number of aliphatic carboxylic acids is 2. The van der Waals surface area contributed by atoms with Crippen molar-refractivity contribution in [1.29, 1.82) is 0 Å². The Bertz CT molecular complexity index is 1070. The topological polar surface area (TPSA) is 143 Å². The number of fused-ring (bicyclic) bond motifs is 3. The zero-order chi connectivity index (χ0) is 22.0. The molecule has 0 unspecified atom stereocenters. The minimum atomic E-state index is -1.57. The molecule has 1 aromatic carbocycles. The first-order valence-corrected chi connectivity index (χ1v) is 9.68. The number of carboxylic acids is 2. The summed E-state index contributed by atoms with van der Waals surface area (Å²) in [5.74, 6) is -3.19. The molecular formula is C21H23NO8. The van der Waals surface area contributed by atoms with Gasteiger partial charge in [-0.2, -0.15) is 0 Å². The molecule has 9 heteroatoms. The molecule has 3 rings (SSSR count). The van der Waals surface area contributed by atoms with Crippen molar-refractivity contribution in [3.8, 4) is 5.75 Å². The van der Waals surface area contributed by atoms with E-state index < -0.39 is 36.4 Å². The van der Waals surface area contributed by atoms with Crippen LogP contribution >= 0.6 is 0 Å². The molecule has 160 valence electrons. The molecule has 9 nitrogen and oxygen atoms in total. The van der Waals surface area contributed by atoms with Crippen LogP contribution in [-0.4, -0.2) is 40.2 Å². The molecule has 0 spiro atoms. The lowest BCUT2D eigenvalue weighted by Crippen LogP contribution is -2.47. The Hall–Kier alpha value is -3.36. The average molecular weight is 417 g/mol. The van der Waals surface area contributed by atoms with Crippen LogP contribution in [0.5, 0.6) is 5.75 Å². The third kappa shape index (κ3) is 4.45. The lowest BCUT2D eigenvalue weighted by atomic mass is 9.90. The number of carbonyl (C=O) groups excluding carboxylic acids is 1. The van der Waals surface area contributed by atoms with E-state index in [9.17, 15) is 19.2 Å². The predicted octanol–water partition coefficient (Wildman–Crippen LogP) is 1.79. The van der Waals surface area contributed by atoms with E-state index in [4.69, 9.17) is 19.4 Å². The molecule has 0 fully saturated rings. The normalized spacial score (nSPS) is 15.1. The third-order valence-corrected chi connectivity index (χ3v) is 5.10. The fraction of sp³-hybridized carbons (Fsp3) is 0.429. The molecule has 1 heterocycles. The monoisotopic (exact) mass is 417 g/mol. The summed E-state index contributed by atoms with van der Waals surface area (Å²) in [6.45, 7) is 3.23. The van der Waals surface area contributed by atoms with E-state index in [0.717, 1.165) is 24.0 Å². The molecule has 0 saturated carbocycles. The van der Waals surface area contributed by atoms with Crippen LogP contribution in [0.3, 0.4) is 0 Å². The molecule has 3 N–H and O–H groups in total. The van der Waals surface area contributed by atoms with Crippen molar-refractivity contribution in [1.82, 2.24) is 5.32 Å². The Kier molecular flexibility index (Phi) is 6.09. The Morgan fingerprint density at radius 3 is 2.47 bits per heavy atom. The number of nitrogens with one attached hydrogen (secondary N) is 1. The van der Waals surface area contributed by atoms with Gasteiger partial charge in [0.25, 0.3) is 5.91 Å². The average Bonchev–Trinajstić information content (AvgIpc) is 2.66. The molecule has 1 aliphatic rings. The van der Waals surface area contributed by atoms with E-state index >= 15 is 0 Å². The zero-order valence-corrected chi connectivity index (χ0v) is 16.7. The van der Waals surface area contributed by atoms with Crippen molar-refractivity contribution in [3.63, 3.8) is 0 Å². The quantitative estimate of drug-likeness (QED) is 0.579. The summed E-state index contributed by atoms with van der Waals surface area (Å²) in [6, 6.07) is 1.89. The van der Waals surface area contributed by atoms with Crippen LogP contribution in [0.2, 0.25) is 0 Å². The van der Waals surface area contributed by atoms with Crippen LogP contribution in [0.4, 0.5) is 0 Å². The van der Waals surface area contributed by atoms with Gasteiger partial charge in [-0.1, -0.05) is 0 Å². The second-order valence-corrected chi connectivity index (χ2v) is 7.45. The molecule has 30 heavy (non-hydrogen) atoms. The fourth-order valence-corrected chi connectivity index (χ4v) is 3.67. The highest BCUT2D eigenvalue weighted by Gasteiger charge is 2.27. The summed E-state index contributed by atoms with van der Waals surface area (Å²) in [5, 5.41) is 20.8. The predicted molar refractivity (Wildman–Crippen MR) is 106 cm³/mol. The Morgan fingerprint density at radius 1 is 1.17 bits per heavy atom. The molecular weight excluding hydrogens is 394 g/mol. The van der Waals surface area contributed by atoms with Gasteiger partial charge in [0, 0.05) is 5.56 Å². The fourth-order valence-electron chi connectivity index (χ4n) is 3.67. The molecule has 0 bridgehead atoms. The molecule has 1 aliphatic carbocycles. The summed E-state index contributed by atoms with van der Waals surface area (Å²) in [4.78, 5) is 46.8. The summed E-state index contributed by atoms with van der Waals surface area (Å²) < 4.78 is 11.3. The Balaban J connectivity index is 1.93. The summed E-state index contributed by atoms with van der Waals surface area (Å²) in [5.41, 5.74) is 2.24. The number of aryl methyl sites for hydroxylation is 2. The van der Waals surface area contributed by atoms with Gasteiger partial charge >= 0.3 is 17.6 Å². The molecule has 0 radical (unpaired) electrons.